The molecule has 3 aromatic carbocycles. The first kappa shape index (κ1) is 26.3. The third-order valence-corrected chi connectivity index (χ3v) is 9.57. The number of carbonyl (C=O) groups is 2. The highest BCUT2D eigenvalue weighted by Gasteiger charge is 2.66. The van der Waals surface area contributed by atoms with Crippen molar-refractivity contribution in [1.29, 1.82) is 0 Å². The maximum Gasteiger partial charge on any atom is 0.297 e. The summed E-state index contributed by atoms with van der Waals surface area (Å²) < 4.78 is 20.0. The Bertz CT molecular complexity index is 2000. The van der Waals surface area contributed by atoms with Crippen LogP contribution in [0.2, 0.25) is 0 Å². The van der Waals surface area contributed by atoms with E-state index in [9.17, 15) is 18.8 Å². The summed E-state index contributed by atoms with van der Waals surface area (Å²) in [5.74, 6) is -1.16. The molecule has 2 aliphatic rings. The molecule has 1 unspecified atom stereocenters. The van der Waals surface area contributed by atoms with Gasteiger partial charge in [-0.25, -0.2) is 4.39 Å². The van der Waals surface area contributed by atoms with Crippen LogP contribution in [0.5, 0.6) is 0 Å². The highest BCUT2D eigenvalue weighted by molar-refractivity contribution is 8.00. The second-order valence-corrected chi connectivity index (χ2v) is 12.2. The predicted octanol–water partition coefficient (Wildman–Crippen LogP) is 5.82. The van der Waals surface area contributed by atoms with Gasteiger partial charge in [0.05, 0.1) is 16.6 Å². The van der Waals surface area contributed by atoms with Crippen LogP contribution in [0.15, 0.2) is 92.9 Å². The van der Waals surface area contributed by atoms with Gasteiger partial charge in [-0.05, 0) is 42.8 Å². The van der Waals surface area contributed by atoms with E-state index < -0.39 is 22.8 Å². The molecule has 5 aromatic rings. The number of fused-ring (bicyclic) bond motifs is 5. The van der Waals surface area contributed by atoms with E-state index in [-0.39, 0.29) is 39.8 Å². The maximum atomic E-state index is 14.6. The number of aromatic nitrogens is 2. The quantitative estimate of drug-likeness (QED) is 0.138. The SMILES string of the molecule is C=CCN1C(=O)C2(c3ccccc31)c1c(oc3ccc(C)cc3c1=O)C(=O)N2c1nnc(SCc2ccc(F)cc2)s1. The minimum atomic E-state index is -1.84. The average molecular weight is 597 g/mol. The molecule has 7 rings (SSSR count). The van der Waals surface area contributed by atoms with Gasteiger partial charge in [-0.1, -0.05) is 71.1 Å². The Morgan fingerprint density at radius 2 is 1.86 bits per heavy atom. The van der Waals surface area contributed by atoms with E-state index in [4.69, 9.17) is 4.42 Å². The Kier molecular flexibility index (Phi) is 6.10. The van der Waals surface area contributed by atoms with Crippen molar-refractivity contribution in [3.05, 3.63) is 123 Å². The van der Waals surface area contributed by atoms with Gasteiger partial charge >= 0.3 is 0 Å². The number of nitrogens with zero attached hydrogens (tertiary/aromatic N) is 4. The topological polar surface area (TPSA) is 96.6 Å². The zero-order valence-electron chi connectivity index (χ0n) is 22.2. The largest absolute Gasteiger partial charge is 0.450 e. The van der Waals surface area contributed by atoms with Gasteiger partial charge in [0, 0.05) is 17.9 Å². The van der Waals surface area contributed by atoms with Crippen molar-refractivity contribution in [2.75, 3.05) is 16.3 Å². The molecule has 0 fully saturated rings. The molecular weight excluding hydrogens is 575 g/mol. The van der Waals surface area contributed by atoms with Gasteiger partial charge < -0.3 is 9.32 Å². The monoisotopic (exact) mass is 596 g/mol. The molecule has 0 N–H and O–H groups in total. The van der Waals surface area contributed by atoms with E-state index in [2.05, 4.69) is 16.8 Å². The smallest absolute Gasteiger partial charge is 0.297 e. The Morgan fingerprint density at radius 1 is 1.07 bits per heavy atom. The van der Waals surface area contributed by atoms with Gasteiger partial charge in [0.2, 0.25) is 10.9 Å². The first-order chi connectivity index (χ1) is 20.3. The van der Waals surface area contributed by atoms with Crippen LogP contribution in [-0.2, 0) is 16.1 Å². The van der Waals surface area contributed by atoms with Crippen LogP contribution in [0.25, 0.3) is 11.0 Å². The number of carbonyl (C=O) groups excluding carboxylic acids is 2. The third-order valence-electron chi connectivity index (χ3n) is 7.45. The van der Waals surface area contributed by atoms with E-state index in [0.29, 0.717) is 21.3 Å². The average Bonchev–Trinajstić information content (AvgIpc) is 3.63. The molecule has 11 heteroatoms. The minimum Gasteiger partial charge on any atom is -0.450 e. The molecule has 1 spiro atoms. The molecule has 2 amide bonds. The second-order valence-electron chi connectivity index (χ2n) is 9.97. The van der Waals surface area contributed by atoms with E-state index >= 15 is 0 Å². The molecule has 1 atom stereocenters. The Labute approximate surface area is 247 Å². The van der Waals surface area contributed by atoms with E-state index in [1.54, 1.807) is 60.7 Å². The number of thioether (sulfide) groups is 1. The van der Waals surface area contributed by atoms with Crippen molar-refractivity contribution >= 4 is 56.7 Å². The minimum absolute atomic E-state index is 0.0367. The van der Waals surface area contributed by atoms with Crippen LogP contribution < -0.4 is 15.2 Å². The van der Waals surface area contributed by atoms with Crippen LogP contribution in [0.1, 0.15) is 32.8 Å². The fourth-order valence-electron chi connectivity index (χ4n) is 5.66. The maximum absolute atomic E-state index is 14.6. The first-order valence-corrected chi connectivity index (χ1v) is 14.8. The number of para-hydroxylation sites is 1. The number of benzene rings is 3. The lowest BCUT2D eigenvalue weighted by Crippen LogP contribution is -2.53. The van der Waals surface area contributed by atoms with E-state index in [0.717, 1.165) is 22.5 Å². The fourth-order valence-corrected chi connectivity index (χ4v) is 7.51. The van der Waals surface area contributed by atoms with Gasteiger partial charge in [-0.2, -0.15) is 0 Å². The molecule has 0 saturated heterocycles. The highest BCUT2D eigenvalue weighted by atomic mass is 32.2. The summed E-state index contributed by atoms with van der Waals surface area (Å²) in [6, 6.07) is 18.4. The molecule has 0 bridgehead atoms. The number of amides is 2. The van der Waals surface area contributed by atoms with E-state index in [1.807, 2.05) is 6.92 Å². The zero-order chi connectivity index (χ0) is 29.2. The lowest BCUT2D eigenvalue weighted by atomic mass is 9.84. The first-order valence-electron chi connectivity index (χ1n) is 13.0. The summed E-state index contributed by atoms with van der Waals surface area (Å²) in [5, 5.41) is 9.04. The van der Waals surface area contributed by atoms with Gasteiger partial charge in [-0.3, -0.25) is 19.3 Å². The van der Waals surface area contributed by atoms with Crippen molar-refractivity contribution < 1.29 is 18.4 Å². The summed E-state index contributed by atoms with van der Waals surface area (Å²) in [6.07, 6.45) is 1.59. The van der Waals surface area contributed by atoms with Crippen molar-refractivity contribution in [2.24, 2.45) is 0 Å². The lowest BCUT2D eigenvalue weighted by molar-refractivity contribution is -0.121. The molecule has 2 aromatic heterocycles. The van der Waals surface area contributed by atoms with Crippen LogP contribution >= 0.6 is 23.1 Å². The molecule has 2 aliphatic heterocycles. The molecule has 8 nitrogen and oxygen atoms in total. The predicted molar refractivity (Wildman–Crippen MR) is 160 cm³/mol. The van der Waals surface area contributed by atoms with Crippen LogP contribution in [-0.4, -0.2) is 28.6 Å². The fraction of sp³-hybridized carbons (Fsp3) is 0.129. The normalized spacial score (nSPS) is 17.4. The molecule has 208 valence electrons. The number of hydrogen-bond donors (Lipinski definition) is 0. The molecule has 4 heterocycles. The van der Waals surface area contributed by atoms with Crippen molar-refractivity contribution in [3.63, 3.8) is 0 Å². The van der Waals surface area contributed by atoms with Gasteiger partial charge in [0.15, 0.2) is 15.3 Å². The van der Waals surface area contributed by atoms with Gasteiger partial charge in [0.1, 0.15) is 11.4 Å². The van der Waals surface area contributed by atoms with Crippen LogP contribution in [0, 0.1) is 12.7 Å². The van der Waals surface area contributed by atoms with Gasteiger partial charge in [0.25, 0.3) is 11.8 Å². The second kappa shape index (κ2) is 9.74. The number of aryl methyl sites for hydroxylation is 1. The molecular formula is C31H21FN4O4S2. The van der Waals surface area contributed by atoms with Crippen molar-refractivity contribution in [2.45, 2.75) is 22.6 Å². The summed E-state index contributed by atoms with van der Waals surface area (Å²) >= 11 is 2.50. The van der Waals surface area contributed by atoms with Crippen molar-refractivity contribution in [3.8, 4) is 0 Å². The van der Waals surface area contributed by atoms with Gasteiger partial charge in [-0.15, -0.1) is 16.8 Å². The van der Waals surface area contributed by atoms with E-state index in [1.165, 1.54) is 33.7 Å². The van der Waals surface area contributed by atoms with Crippen LogP contribution in [0.3, 0.4) is 0 Å². The summed E-state index contributed by atoms with van der Waals surface area (Å²) in [7, 11) is 0. The lowest BCUT2D eigenvalue weighted by Gasteiger charge is -2.31. The number of anilines is 2. The summed E-state index contributed by atoms with van der Waals surface area (Å²) in [4.78, 5) is 45.9. The number of halogens is 1. The Morgan fingerprint density at radius 3 is 2.64 bits per heavy atom. The van der Waals surface area contributed by atoms with Crippen molar-refractivity contribution in [1.82, 2.24) is 10.2 Å². The van der Waals surface area contributed by atoms with Crippen LogP contribution in [0.4, 0.5) is 15.2 Å². The Hall–Kier alpha value is -4.61. The summed E-state index contributed by atoms with van der Waals surface area (Å²) in [5.41, 5.74) is 0.674. The Balaban J connectivity index is 1.43. The molecule has 0 radical (unpaired) electrons. The number of hydrogen-bond acceptors (Lipinski definition) is 8. The standard InChI is InChI=1S/C31H21FN4O4S2/c1-3-14-35-22-7-5-4-6-21(22)31(28(35)39)24-25(37)20-15-17(2)8-13-23(20)40-26(24)27(38)36(31)29-33-34-30(42-29)41-16-18-9-11-19(32)12-10-18/h3-13,15H,1,14,16H2,2H3. The third kappa shape index (κ3) is 3.70. The highest BCUT2D eigenvalue weighted by Crippen LogP contribution is 2.54. The number of rotatable bonds is 6. The zero-order valence-corrected chi connectivity index (χ0v) is 23.8. The molecule has 0 aliphatic carbocycles. The molecule has 0 saturated carbocycles. The molecule has 42 heavy (non-hydrogen) atoms. The summed E-state index contributed by atoms with van der Waals surface area (Å²) in [6.45, 7) is 5.83.